The van der Waals surface area contributed by atoms with Crippen LogP contribution in [0.1, 0.15) is 24.2 Å². The molecule has 15 heavy (non-hydrogen) atoms. The maximum Gasteiger partial charge on any atom is 0.159 e. The van der Waals surface area contributed by atoms with E-state index in [0.717, 1.165) is 0 Å². The third kappa shape index (κ3) is 3.72. The van der Waals surface area contributed by atoms with Crippen LogP contribution in [0.5, 0.6) is 5.75 Å². The zero-order valence-electron chi connectivity index (χ0n) is 9.32. The molecule has 0 bridgehead atoms. The van der Waals surface area contributed by atoms with E-state index in [1.807, 2.05) is 19.1 Å². The number of benzene rings is 1. The molecule has 0 radical (unpaired) electrons. The average Bonchev–Trinajstić information content (AvgIpc) is 2.18. The monoisotopic (exact) mass is 208 g/mol. The van der Waals surface area contributed by atoms with Gasteiger partial charge in [-0.15, -0.1) is 0 Å². The normalized spacial score (nSPS) is 12.2. The second kappa shape index (κ2) is 5.51. The highest BCUT2D eigenvalue weighted by Crippen LogP contribution is 2.15. The molecule has 0 aliphatic heterocycles. The molecular weight excluding hydrogens is 192 g/mol. The van der Waals surface area contributed by atoms with Crippen LogP contribution in [-0.4, -0.2) is 25.6 Å². The van der Waals surface area contributed by atoms with Gasteiger partial charge in [-0.3, -0.25) is 4.79 Å². The number of ketones is 1. The Labute approximate surface area is 90.0 Å². The van der Waals surface area contributed by atoms with Crippen molar-refractivity contribution in [1.82, 2.24) is 0 Å². The van der Waals surface area contributed by atoms with Crippen LogP contribution >= 0.6 is 0 Å². The van der Waals surface area contributed by atoms with E-state index >= 15 is 0 Å². The van der Waals surface area contributed by atoms with Crippen LogP contribution in [0.15, 0.2) is 24.3 Å². The van der Waals surface area contributed by atoms with Crippen molar-refractivity contribution in [2.45, 2.75) is 20.0 Å². The summed E-state index contributed by atoms with van der Waals surface area (Å²) in [6.07, 6.45) is -0.0165. The van der Waals surface area contributed by atoms with Crippen molar-refractivity contribution in [3.8, 4) is 5.75 Å². The molecule has 0 saturated carbocycles. The molecule has 1 aromatic rings. The second-order valence-corrected chi connectivity index (χ2v) is 3.47. The van der Waals surface area contributed by atoms with Crippen LogP contribution in [0.25, 0.3) is 0 Å². The van der Waals surface area contributed by atoms with Crippen LogP contribution in [0.2, 0.25) is 0 Å². The van der Waals surface area contributed by atoms with Crippen molar-refractivity contribution in [2.75, 3.05) is 13.7 Å². The Bertz CT molecular complexity index is 333. The fraction of sp³-hybridized carbons (Fsp3) is 0.417. The fourth-order valence-electron chi connectivity index (χ4n) is 1.29. The summed E-state index contributed by atoms with van der Waals surface area (Å²) in [5.74, 6) is 0.743. The Morgan fingerprint density at radius 2 is 2.20 bits per heavy atom. The van der Waals surface area contributed by atoms with Gasteiger partial charge in [-0.1, -0.05) is 12.1 Å². The molecule has 0 aliphatic carbocycles. The van der Waals surface area contributed by atoms with Gasteiger partial charge in [0.15, 0.2) is 5.78 Å². The largest absolute Gasteiger partial charge is 0.488 e. The molecule has 0 N–H and O–H groups in total. The van der Waals surface area contributed by atoms with Gasteiger partial charge < -0.3 is 9.47 Å². The van der Waals surface area contributed by atoms with Crippen molar-refractivity contribution in [1.29, 1.82) is 0 Å². The standard InChI is InChI=1S/C12H16O3/c1-9(8-14-3)15-12-6-4-5-11(7-12)10(2)13/h4-7,9H,8H2,1-3H3/t9-/m0/s1. The van der Waals surface area contributed by atoms with Crippen molar-refractivity contribution in [3.05, 3.63) is 29.8 Å². The van der Waals surface area contributed by atoms with Crippen LogP contribution < -0.4 is 4.74 Å². The molecule has 0 aliphatic rings. The van der Waals surface area contributed by atoms with E-state index in [-0.39, 0.29) is 11.9 Å². The molecule has 3 heteroatoms. The first-order valence-electron chi connectivity index (χ1n) is 4.90. The Kier molecular flexibility index (Phi) is 4.31. The molecule has 0 spiro atoms. The zero-order valence-corrected chi connectivity index (χ0v) is 9.32. The molecule has 3 nitrogen and oxygen atoms in total. The molecule has 0 amide bonds. The summed E-state index contributed by atoms with van der Waals surface area (Å²) in [4.78, 5) is 11.1. The lowest BCUT2D eigenvalue weighted by molar-refractivity contribution is 0.0917. The van der Waals surface area contributed by atoms with Gasteiger partial charge in [0.2, 0.25) is 0 Å². The second-order valence-electron chi connectivity index (χ2n) is 3.47. The van der Waals surface area contributed by atoms with Gasteiger partial charge in [0.25, 0.3) is 0 Å². The topological polar surface area (TPSA) is 35.5 Å². The van der Waals surface area contributed by atoms with E-state index in [0.29, 0.717) is 17.9 Å². The van der Waals surface area contributed by atoms with E-state index in [1.165, 1.54) is 6.92 Å². The lowest BCUT2D eigenvalue weighted by Crippen LogP contribution is -2.18. The summed E-state index contributed by atoms with van der Waals surface area (Å²) < 4.78 is 10.5. The van der Waals surface area contributed by atoms with Crippen LogP contribution in [-0.2, 0) is 4.74 Å². The number of carbonyl (C=O) groups excluding carboxylic acids is 1. The zero-order chi connectivity index (χ0) is 11.3. The van der Waals surface area contributed by atoms with E-state index in [9.17, 15) is 4.79 Å². The fourth-order valence-corrected chi connectivity index (χ4v) is 1.29. The molecular formula is C12H16O3. The first-order valence-corrected chi connectivity index (χ1v) is 4.90. The summed E-state index contributed by atoms with van der Waals surface area (Å²) >= 11 is 0. The molecule has 0 unspecified atom stereocenters. The minimum atomic E-state index is -0.0165. The van der Waals surface area contributed by atoms with E-state index in [4.69, 9.17) is 9.47 Å². The summed E-state index contributed by atoms with van der Waals surface area (Å²) in [6, 6.07) is 7.16. The van der Waals surface area contributed by atoms with Gasteiger partial charge in [-0.05, 0) is 26.0 Å². The smallest absolute Gasteiger partial charge is 0.159 e. The number of methoxy groups -OCH3 is 1. The quantitative estimate of drug-likeness (QED) is 0.696. The molecule has 1 rings (SSSR count). The number of Topliss-reactive ketones (excluding diaryl/α,β-unsaturated/α-hetero) is 1. The van der Waals surface area contributed by atoms with Crippen LogP contribution in [0, 0.1) is 0 Å². The lowest BCUT2D eigenvalue weighted by Gasteiger charge is -2.13. The number of hydrogen-bond donors (Lipinski definition) is 0. The maximum absolute atomic E-state index is 11.1. The number of ether oxygens (including phenoxy) is 2. The molecule has 82 valence electrons. The molecule has 0 fully saturated rings. The van der Waals surface area contributed by atoms with Gasteiger partial charge in [-0.2, -0.15) is 0 Å². The van der Waals surface area contributed by atoms with Crippen LogP contribution in [0.4, 0.5) is 0 Å². The van der Waals surface area contributed by atoms with Crippen molar-refractivity contribution in [3.63, 3.8) is 0 Å². The maximum atomic E-state index is 11.1. The Hall–Kier alpha value is -1.35. The predicted molar refractivity (Wildman–Crippen MR) is 58.4 cm³/mol. The SMILES string of the molecule is COC[C@H](C)Oc1cccc(C(C)=O)c1. The van der Waals surface area contributed by atoms with Crippen molar-refractivity contribution >= 4 is 5.78 Å². The highest BCUT2D eigenvalue weighted by atomic mass is 16.5. The lowest BCUT2D eigenvalue weighted by atomic mass is 10.1. The molecule has 1 aromatic carbocycles. The first-order chi connectivity index (χ1) is 7.13. The van der Waals surface area contributed by atoms with Gasteiger partial charge >= 0.3 is 0 Å². The average molecular weight is 208 g/mol. The summed E-state index contributed by atoms with van der Waals surface area (Å²) in [6.45, 7) is 3.99. The van der Waals surface area contributed by atoms with Crippen molar-refractivity contribution < 1.29 is 14.3 Å². The molecule has 0 heterocycles. The number of carbonyl (C=O) groups is 1. The van der Waals surface area contributed by atoms with Gasteiger partial charge in [-0.25, -0.2) is 0 Å². The van der Waals surface area contributed by atoms with Gasteiger partial charge in [0.1, 0.15) is 11.9 Å². The minimum Gasteiger partial charge on any atom is -0.488 e. The highest BCUT2D eigenvalue weighted by molar-refractivity contribution is 5.94. The summed E-state index contributed by atoms with van der Waals surface area (Å²) in [5, 5.41) is 0. The summed E-state index contributed by atoms with van der Waals surface area (Å²) in [5.41, 5.74) is 0.664. The Morgan fingerprint density at radius 1 is 1.47 bits per heavy atom. The van der Waals surface area contributed by atoms with Crippen LogP contribution in [0.3, 0.4) is 0 Å². The summed E-state index contributed by atoms with van der Waals surface area (Å²) in [7, 11) is 1.63. The van der Waals surface area contributed by atoms with E-state index in [1.54, 1.807) is 19.2 Å². The van der Waals surface area contributed by atoms with Crippen molar-refractivity contribution in [2.24, 2.45) is 0 Å². The first kappa shape index (κ1) is 11.7. The van der Waals surface area contributed by atoms with E-state index in [2.05, 4.69) is 0 Å². The Morgan fingerprint density at radius 3 is 2.80 bits per heavy atom. The highest BCUT2D eigenvalue weighted by Gasteiger charge is 2.05. The third-order valence-corrected chi connectivity index (χ3v) is 1.98. The predicted octanol–water partition coefficient (Wildman–Crippen LogP) is 2.30. The molecule has 0 saturated heterocycles. The third-order valence-electron chi connectivity index (χ3n) is 1.98. The minimum absolute atomic E-state index is 0.0165. The Balaban J connectivity index is 2.69. The number of hydrogen-bond acceptors (Lipinski definition) is 3. The number of rotatable bonds is 5. The van der Waals surface area contributed by atoms with E-state index < -0.39 is 0 Å². The van der Waals surface area contributed by atoms with Gasteiger partial charge in [0.05, 0.1) is 6.61 Å². The van der Waals surface area contributed by atoms with Gasteiger partial charge in [0, 0.05) is 12.7 Å². The molecule has 1 atom stereocenters. The molecule has 0 aromatic heterocycles.